The minimum absolute atomic E-state index is 0. The van der Waals surface area contributed by atoms with Crippen LogP contribution in [0.4, 0.5) is 0 Å². The molecule has 1 aromatic rings. The Morgan fingerprint density at radius 3 is 2.71 bits per heavy atom. The van der Waals surface area contributed by atoms with Crippen LogP contribution in [0.2, 0.25) is 0 Å². The quantitative estimate of drug-likeness (QED) is 0.855. The maximum atomic E-state index is 12.1. The lowest BCUT2D eigenvalue weighted by molar-refractivity contribution is -0.132. The third-order valence-electron chi connectivity index (χ3n) is 3.73. The van der Waals surface area contributed by atoms with E-state index in [0.717, 1.165) is 57.1 Å². The number of nitrogens with one attached hydrogen (secondary N) is 1. The molecule has 0 radical (unpaired) electrons. The van der Waals surface area contributed by atoms with E-state index in [-0.39, 0.29) is 30.7 Å². The summed E-state index contributed by atoms with van der Waals surface area (Å²) < 4.78 is 0. The number of piperidine rings is 1. The first-order chi connectivity index (χ1) is 9.29. The highest BCUT2D eigenvalue weighted by Gasteiger charge is 2.22. The summed E-state index contributed by atoms with van der Waals surface area (Å²) in [5, 5.41) is 5.42. The highest BCUT2D eigenvalue weighted by molar-refractivity contribution is 7.07. The summed E-state index contributed by atoms with van der Waals surface area (Å²) in [7, 11) is 0. The maximum Gasteiger partial charge on any atom is 0.222 e. The van der Waals surface area contributed by atoms with Gasteiger partial charge in [0.25, 0.3) is 0 Å². The molecule has 2 heterocycles. The molecule has 4 nitrogen and oxygen atoms in total. The van der Waals surface area contributed by atoms with E-state index in [9.17, 15) is 4.79 Å². The van der Waals surface area contributed by atoms with Gasteiger partial charge in [0.15, 0.2) is 0 Å². The van der Waals surface area contributed by atoms with Crippen LogP contribution >= 0.6 is 36.2 Å². The summed E-state index contributed by atoms with van der Waals surface area (Å²) in [6.45, 7) is 6.11. The van der Waals surface area contributed by atoms with Gasteiger partial charge in [0.2, 0.25) is 5.91 Å². The van der Waals surface area contributed by atoms with Crippen molar-refractivity contribution in [3.63, 3.8) is 0 Å². The van der Waals surface area contributed by atoms with E-state index >= 15 is 0 Å². The van der Waals surface area contributed by atoms with Crippen molar-refractivity contribution in [1.29, 1.82) is 0 Å². The molecule has 2 rings (SSSR count). The Labute approximate surface area is 143 Å². The van der Waals surface area contributed by atoms with Crippen LogP contribution in [0.5, 0.6) is 0 Å². The van der Waals surface area contributed by atoms with Gasteiger partial charge in [-0.25, -0.2) is 4.98 Å². The molecule has 0 spiro atoms. The van der Waals surface area contributed by atoms with E-state index in [1.807, 2.05) is 15.8 Å². The molecule has 0 aliphatic carbocycles. The summed E-state index contributed by atoms with van der Waals surface area (Å²) in [5.41, 5.74) is 2.87. The van der Waals surface area contributed by atoms with Crippen molar-refractivity contribution in [2.45, 2.75) is 32.6 Å². The van der Waals surface area contributed by atoms with Gasteiger partial charge in [-0.05, 0) is 38.3 Å². The van der Waals surface area contributed by atoms with Crippen LogP contribution in [0.3, 0.4) is 0 Å². The molecule has 122 valence electrons. The molecule has 1 aliphatic rings. The highest BCUT2D eigenvalue weighted by atomic mass is 35.5. The molecule has 0 bridgehead atoms. The smallest absolute Gasteiger partial charge is 0.222 e. The number of carbonyl (C=O) groups is 1. The van der Waals surface area contributed by atoms with Crippen LogP contribution in [0.1, 0.15) is 31.9 Å². The number of hydrogen-bond donors (Lipinski definition) is 1. The van der Waals surface area contributed by atoms with Crippen molar-refractivity contribution in [1.82, 2.24) is 15.2 Å². The normalized spacial score (nSPS) is 15.2. The van der Waals surface area contributed by atoms with Crippen LogP contribution < -0.4 is 5.32 Å². The van der Waals surface area contributed by atoms with Gasteiger partial charge in [-0.15, -0.1) is 36.2 Å². The fraction of sp³-hybridized carbons (Fsp3) is 0.714. The molecule has 0 unspecified atom stereocenters. The summed E-state index contributed by atoms with van der Waals surface area (Å²) in [6, 6.07) is 0. The van der Waals surface area contributed by atoms with Gasteiger partial charge in [-0.2, -0.15) is 0 Å². The zero-order valence-electron chi connectivity index (χ0n) is 12.4. The van der Waals surface area contributed by atoms with Gasteiger partial charge in [-0.1, -0.05) is 6.92 Å². The molecule has 7 heteroatoms. The zero-order valence-corrected chi connectivity index (χ0v) is 14.9. The SMILES string of the molecule is CCNCC1CCN(C(=O)CCc2cscn2)CC1.Cl.Cl. The van der Waals surface area contributed by atoms with E-state index in [1.165, 1.54) is 0 Å². The first-order valence-electron chi connectivity index (χ1n) is 7.15. The van der Waals surface area contributed by atoms with Crippen molar-refractivity contribution in [3.8, 4) is 0 Å². The van der Waals surface area contributed by atoms with Crippen molar-refractivity contribution in [2.24, 2.45) is 5.92 Å². The predicted molar refractivity (Wildman–Crippen MR) is 92.8 cm³/mol. The topological polar surface area (TPSA) is 45.2 Å². The molecule has 1 aliphatic heterocycles. The number of carbonyl (C=O) groups excluding carboxylic acids is 1. The lowest BCUT2D eigenvalue weighted by Crippen LogP contribution is -2.40. The number of aromatic nitrogens is 1. The van der Waals surface area contributed by atoms with Crippen LogP contribution in [0, 0.1) is 5.92 Å². The average Bonchev–Trinajstić information content (AvgIpc) is 2.96. The van der Waals surface area contributed by atoms with Gasteiger partial charge in [0.05, 0.1) is 11.2 Å². The predicted octanol–water partition coefficient (Wildman–Crippen LogP) is 2.77. The summed E-state index contributed by atoms with van der Waals surface area (Å²) in [6.07, 6.45) is 3.64. The molecular formula is C14H25Cl2N3OS. The van der Waals surface area contributed by atoms with Gasteiger partial charge in [0, 0.05) is 24.9 Å². The number of nitrogens with zero attached hydrogens (tertiary/aromatic N) is 2. The Morgan fingerprint density at radius 2 is 2.14 bits per heavy atom. The summed E-state index contributed by atoms with van der Waals surface area (Å²) in [4.78, 5) is 18.3. The molecule has 1 fully saturated rings. The molecule has 1 saturated heterocycles. The van der Waals surface area contributed by atoms with Gasteiger partial charge >= 0.3 is 0 Å². The third kappa shape index (κ3) is 6.96. The largest absolute Gasteiger partial charge is 0.343 e. The fourth-order valence-electron chi connectivity index (χ4n) is 2.49. The summed E-state index contributed by atoms with van der Waals surface area (Å²) >= 11 is 1.59. The highest BCUT2D eigenvalue weighted by Crippen LogP contribution is 2.17. The Balaban J connectivity index is 0.00000200. The minimum Gasteiger partial charge on any atom is -0.343 e. The Bertz CT molecular complexity index is 382. The lowest BCUT2D eigenvalue weighted by atomic mass is 9.96. The first kappa shape index (κ1) is 20.6. The average molecular weight is 354 g/mol. The second-order valence-corrected chi connectivity index (χ2v) is 5.83. The van der Waals surface area contributed by atoms with Gasteiger partial charge < -0.3 is 10.2 Å². The Morgan fingerprint density at radius 1 is 1.43 bits per heavy atom. The Hall–Kier alpha value is -0.360. The van der Waals surface area contributed by atoms with Gasteiger partial charge in [-0.3, -0.25) is 4.79 Å². The van der Waals surface area contributed by atoms with E-state index < -0.39 is 0 Å². The molecule has 1 aromatic heterocycles. The van der Waals surface area contributed by atoms with Crippen LogP contribution in [-0.2, 0) is 11.2 Å². The molecule has 1 N–H and O–H groups in total. The number of likely N-dealkylation sites (tertiary alicyclic amines) is 1. The van der Waals surface area contributed by atoms with E-state index in [1.54, 1.807) is 11.3 Å². The fourth-order valence-corrected chi connectivity index (χ4v) is 3.08. The van der Waals surface area contributed by atoms with Crippen molar-refractivity contribution < 1.29 is 4.79 Å². The molecular weight excluding hydrogens is 329 g/mol. The van der Waals surface area contributed by atoms with E-state index in [4.69, 9.17) is 0 Å². The van der Waals surface area contributed by atoms with E-state index in [0.29, 0.717) is 6.42 Å². The number of aryl methyl sites for hydroxylation is 1. The number of halogens is 2. The Kier molecular flexibility index (Phi) is 11.0. The number of thiazole rings is 1. The van der Waals surface area contributed by atoms with Crippen LogP contribution in [0.25, 0.3) is 0 Å². The molecule has 21 heavy (non-hydrogen) atoms. The van der Waals surface area contributed by atoms with Crippen LogP contribution in [0.15, 0.2) is 10.9 Å². The molecule has 0 aromatic carbocycles. The minimum atomic E-state index is 0. The van der Waals surface area contributed by atoms with Gasteiger partial charge in [0.1, 0.15) is 0 Å². The van der Waals surface area contributed by atoms with Crippen molar-refractivity contribution >= 4 is 42.1 Å². The summed E-state index contributed by atoms with van der Waals surface area (Å²) in [5.74, 6) is 1.03. The molecule has 0 saturated carbocycles. The van der Waals surface area contributed by atoms with Crippen molar-refractivity contribution in [3.05, 3.63) is 16.6 Å². The maximum absolute atomic E-state index is 12.1. The second-order valence-electron chi connectivity index (χ2n) is 5.11. The van der Waals surface area contributed by atoms with Crippen LogP contribution in [-0.4, -0.2) is 42.0 Å². The number of rotatable bonds is 6. The standard InChI is InChI=1S/C14H23N3OS.2ClH/c1-2-15-9-12-5-7-17(8-6-12)14(18)4-3-13-10-19-11-16-13;;/h10-12,15H,2-9H2,1H3;2*1H. The lowest BCUT2D eigenvalue weighted by Gasteiger charge is -2.32. The number of hydrogen-bond acceptors (Lipinski definition) is 4. The third-order valence-corrected chi connectivity index (χ3v) is 4.36. The van der Waals surface area contributed by atoms with E-state index in [2.05, 4.69) is 17.2 Å². The molecule has 0 atom stereocenters. The first-order valence-corrected chi connectivity index (χ1v) is 8.09. The van der Waals surface area contributed by atoms with Crippen molar-refractivity contribution in [2.75, 3.05) is 26.2 Å². The molecule has 1 amide bonds. The monoisotopic (exact) mass is 353 g/mol. The number of amides is 1. The second kappa shape index (κ2) is 11.2. The zero-order chi connectivity index (χ0) is 13.5.